The molecule has 27 heavy (non-hydrogen) atoms. The Balaban J connectivity index is 1.66. The molecule has 3 aromatic rings. The van der Waals surface area contributed by atoms with Crippen molar-refractivity contribution >= 4 is 5.91 Å². The Morgan fingerprint density at radius 2 is 1.63 bits per heavy atom. The van der Waals surface area contributed by atoms with Crippen molar-refractivity contribution in [3.05, 3.63) is 59.7 Å². The van der Waals surface area contributed by atoms with Crippen LogP contribution in [0.15, 0.2) is 53.1 Å². The molecule has 0 saturated carbocycles. The predicted molar refractivity (Wildman–Crippen MR) is 103 cm³/mol. The summed E-state index contributed by atoms with van der Waals surface area (Å²) in [7, 11) is 2.07. The number of carbonyl (C=O) groups is 1. The van der Waals surface area contributed by atoms with E-state index in [4.69, 9.17) is 4.52 Å². The topological polar surface area (TPSA) is 62.5 Å². The molecule has 1 aliphatic rings. The third kappa shape index (κ3) is 3.48. The van der Waals surface area contributed by atoms with Gasteiger partial charge in [0, 0.05) is 31.7 Å². The van der Waals surface area contributed by atoms with E-state index < -0.39 is 0 Å². The van der Waals surface area contributed by atoms with Crippen LogP contribution < -0.4 is 0 Å². The number of aromatic nitrogens is 2. The first kappa shape index (κ1) is 17.4. The van der Waals surface area contributed by atoms with Crippen LogP contribution in [-0.2, 0) is 0 Å². The highest BCUT2D eigenvalue weighted by molar-refractivity contribution is 6.00. The summed E-state index contributed by atoms with van der Waals surface area (Å²) < 4.78 is 5.52. The van der Waals surface area contributed by atoms with E-state index in [0.29, 0.717) is 22.8 Å². The van der Waals surface area contributed by atoms with E-state index >= 15 is 0 Å². The minimum atomic E-state index is 0.00865. The monoisotopic (exact) mass is 362 g/mol. The van der Waals surface area contributed by atoms with E-state index in [1.165, 1.54) is 0 Å². The normalized spacial score (nSPS) is 15.1. The van der Waals surface area contributed by atoms with Crippen LogP contribution in [-0.4, -0.2) is 59.1 Å². The predicted octanol–water partition coefficient (Wildman–Crippen LogP) is 3.10. The summed E-state index contributed by atoms with van der Waals surface area (Å²) in [6.45, 7) is 5.22. The fourth-order valence-electron chi connectivity index (χ4n) is 3.30. The Hall–Kier alpha value is -2.99. The molecule has 0 aliphatic carbocycles. The molecule has 1 fully saturated rings. The molecule has 0 atom stereocenters. The lowest BCUT2D eigenvalue weighted by atomic mass is 10.1. The number of hydrogen-bond acceptors (Lipinski definition) is 5. The second-order valence-corrected chi connectivity index (χ2v) is 6.88. The highest BCUT2D eigenvalue weighted by Crippen LogP contribution is 2.27. The van der Waals surface area contributed by atoms with Crippen molar-refractivity contribution in [1.29, 1.82) is 0 Å². The molecule has 1 amide bonds. The summed E-state index contributed by atoms with van der Waals surface area (Å²) in [4.78, 5) is 21.7. The Morgan fingerprint density at radius 3 is 2.37 bits per heavy atom. The average molecular weight is 362 g/mol. The molecule has 2 aromatic carbocycles. The van der Waals surface area contributed by atoms with E-state index in [-0.39, 0.29) is 5.91 Å². The maximum absolute atomic E-state index is 13.0. The van der Waals surface area contributed by atoms with E-state index in [9.17, 15) is 4.79 Å². The van der Waals surface area contributed by atoms with Crippen molar-refractivity contribution in [3.63, 3.8) is 0 Å². The Bertz CT molecular complexity index is 958. The third-order valence-corrected chi connectivity index (χ3v) is 4.99. The third-order valence-electron chi connectivity index (χ3n) is 4.99. The molecule has 0 N–H and O–H groups in total. The lowest BCUT2D eigenvalue weighted by Crippen LogP contribution is -2.47. The van der Waals surface area contributed by atoms with Crippen molar-refractivity contribution in [2.45, 2.75) is 6.92 Å². The molecule has 1 aromatic heterocycles. The van der Waals surface area contributed by atoms with Gasteiger partial charge in [0.15, 0.2) is 0 Å². The summed E-state index contributed by atoms with van der Waals surface area (Å²) in [5.74, 6) is 0.908. The lowest BCUT2D eigenvalue weighted by molar-refractivity contribution is 0.0664. The molecule has 138 valence electrons. The number of nitrogens with zero attached hydrogens (tertiary/aromatic N) is 4. The zero-order valence-electron chi connectivity index (χ0n) is 15.6. The first-order valence-corrected chi connectivity index (χ1v) is 9.10. The van der Waals surface area contributed by atoms with Crippen LogP contribution >= 0.6 is 0 Å². The molecule has 2 heterocycles. The van der Waals surface area contributed by atoms with E-state index in [1.54, 1.807) is 0 Å². The standard InChI is InChI=1S/C21H22N4O2/c1-15-7-3-4-8-16(15)19-22-20(27-23-19)17-9-5-6-10-18(17)21(26)25-13-11-24(2)12-14-25/h3-10H,11-14H2,1-2H3. The first-order chi connectivity index (χ1) is 13.1. The van der Waals surface area contributed by atoms with Crippen molar-refractivity contribution in [2.24, 2.45) is 0 Å². The Kier molecular flexibility index (Phi) is 4.73. The zero-order chi connectivity index (χ0) is 18.8. The summed E-state index contributed by atoms with van der Waals surface area (Å²) in [5, 5.41) is 4.13. The van der Waals surface area contributed by atoms with Crippen LogP contribution in [0.1, 0.15) is 15.9 Å². The van der Waals surface area contributed by atoms with Gasteiger partial charge in [-0.05, 0) is 31.7 Å². The Morgan fingerprint density at radius 1 is 0.963 bits per heavy atom. The van der Waals surface area contributed by atoms with Gasteiger partial charge in [-0.3, -0.25) is 4.79 Å². The van der Waals surface area contributed by atoms with Crippen LogP contribution in [0.25, 0.3) is 22.8 Å². The van der Waals surface area contributed by atoms with Gasteiger partial charge in [-0.2, -0.15) is 4.98 Å². The summed E-state index contributed by atoms with van der Waals surface area (Å²) in [6.07, 6.45) is 0. The van der Waals surface area contributed by atoms with E-state index in [2.05, 4.69) is 22.1 Å². The molecular weight excluding hydrogens is 340 g/mol. The summed E-state index contributed by atoms with van der Waals surface area (Å²) >= 11 is 0. The molecule has 0 bridgehead atoms. The second kappa shape index (κ2) is 7.32. The van der Waals surface area contributed by atoms with Gasteiger partial charge in [-0.25, -0.2) is 0 Å². The molecule has 1 aliphatic heterocycles. The number of aryl methyl sites for hydroxylation is 1. The van der Waals surface area contributed by atoms with Gasteiger partial charge >= 0.3 is 0 Å². The minimum Gasteiger partial charge on any atom is -0.336 e. The van der Waals surface area contributed by atoms with Crippen LogP contribution in [0.3, 0.4) is 0 Å². The van der Waals surface area contributed by atoms with Gasteiger partial charge in [0.05, 0.1) is 11.1 Å². The quantitative estimate of drug-likeness (QED) is 0.716. The van der Waals surface area contributed by atoms with Gasteiger partial charge in [0.25, 0.3) is 11.8 Å². The lowest BCUT2D eigenvalue weighted by Gasteiger charge is -2.32. The number of benzene rings is 2. The van der Waals surface area contributed by atoms with Crippen molar-refractivity contribution < 1.29 is 9.32 Å². The van der Waals surface area contributed by atoms with Crippen molar-refractivity contribution in [2.75, 3.05) is 33.2 Å². The van der Waals surface area contributed by atoms with Crippen molar-refractivity contribution in [3.8, 4) is 22.8 Å². The van der Waals surface area contributed by atoms with Crippen LogP contribution in [0.2, 0.25) is 0 Å². The first-order valence-electron chi connectivity index (χ1n) is 9.10. The zero-order valence-corrected chi connectivity index (χ0v) is 15.6. The van der Waals surface area contributed by atoms with Gasteiger partial charge in [0.1, 0.15) is 0 Å². The molecule has 0 radical (unpaired) electrons. The minimum absolute atomic E-state index is 0.00865. The maximum Gasteiger partial charge on any atom is 0.259 e. The van der Waals surface area contributed by atoms with Crippen LogP contribution in [0.5, 0.6) is 0 Å². The van der Waals surface area contributed by atoms with Gasteiger partial charge in [0.2, 0.25) is 5.82 Å². The SMILES string of the molecule is Cc1ccccc1-c1noc(-c2ccccc2C(=O)N2CCN(C)CC2)n1. The summed E-state index contributed by atoms with van der Waals surface area (Å²) in [6, 6.07) is 15.3. The largest absolute Gasteiger partial charge is 0.336 e. The molecule has 6 heteroatoms. The average Bonchev–Trinajstić information content (AvgIpc) is 3.18. The fourth-order valence-corrected chi connectivity index (χ4v) is 3.30. The number of piperazine rings is 1. The Labute approximate surface area is 158 Å². The van der Waals surface area contributed by atoms with E-state index in [1.807, 2.05) is 60.4 Å². The van der Waals surface area contributed by atoms with Gasteiger partial charge < -0.3 is 14.3 Å². The summed E-state index contributed by atoms with van der Waals surface area (Å²) in [5.41, 5.74) is 3.28. The highest BCUT2D eigenvalue weighted by Gasteiger charge is 2.24. The molecule has 1 saturated heterocycles. The maximum atomic E-state index is 13.0. The molecular formula is C21H22N4O2. The number of carbonyl (C=O) groups excluding carboxylic acids is 1. The fraction of sp³-hybridized carbons (Fsp3) is 0.286. The second-order valence-electron chi connectivity index (χ2n) is 6.88. The van der Waals surface area contributed by atoms with E-state index in [0.717, 1.165) is 37.3 Å². The number of rotatable bonds is 3. The molecule has 0 unspecified atom stereocenters. The number of likely N-dealkylation sites (N-methyl/N-ethyl adjacent to an activating group) is 1. The number of amides is 1. The smallest absolute Gasteiger partial charge is 0.259 e. The molecule has 6 nitrogen and oxygen atoms in total. The van der Waals surface area contributed by atoms with Gasteiger partial charge in [-0.1, -0.05) is 41.6 Å². The number of hydrogen-bond donors (Lipinski definition) is 0. The van der Waals surface area contributed by atoms with Gasteiger partial charge in [-0.15, -0.1) is 0 Å². The van der Waals surface area contributed by atoms with Crippen molar-refractivity contribution in [1.82, 2.24) is 19.9 Å². The van der Waals surface area contributed by atoms with Crippen LogP contribution in [0.4, 0.5) is 0 Å². The highest BCUT2D eigenvalue weighted by atomic mass is 16.5. The van der Waals surface area contributed by atoms with Crippen LogP contribution in [0, 0.1) is 6.92 Å². The molecule has 0 spiro atoms. The molecule has 4 rings (SSSR count).